The molecule has 0 saturated carbocycles. The Hall–Kier alpha value is -3.85. The summed E-state index contributed by atoms with van der Waals surface area (Å²) in [5.74, 6) is 0.829. The zero-order valence-electron chi connectivity index (χ0n) is 16.9. The van der Waals surface area contributed by atoms with Gasteiger partial charge in [0.2, 0.25) is 0 Å². The summed E-state index contributed by atoms with van der Waals surface area (Å²) in [6, 6.07) is 16.5. The van der Waals surface area contributed by atoms with Crippen LogP contribution < -0.4 is 10.1 Å². The third kappa shape index (κ3) is 3.05. The zero-order chi connectivity index (χ0) is 20.7. The van der Waals surface area contributed by atoms with Gasteiger partial charge in [0.15, 0.2) is 0 Å². The van der Waals surface area contributed by atoms with Crippen LogP contribution in [0, 0.1) is 25.2 Å². The molecule has 1 aliphatic rings. The number of aryl methyl sites for hydroxylation is 1. The first kappa shape index (κ1) is 18.2. The van der Waals surface area contributed by atoms with E-state index in [4.69, 9.17) is 4.74 Å². The maximum Gasteiger partial charge on any atom is 0.128 e. The molecule has 2 aromatic carbocycles. The predicted octanol–water partition coefficient (Wildman–Crippen LogP) is 5.05. The molecule has 3 heterocycles. The van der Waals surface area contributed by atoms with Crippen molar-refractivity contribution in [1.29, 1.82) is 5.26 Å². The van der Waals surface area contributed by atoms with Crippen molar-refractivity contribution < 1.29 is 4.74 Å². The highest BCUT2D eigenvalue weighted by atomic mass is 16.5. The van der Waals surface area contributed by atoms with Gasteiger partial charge in [-0.25, -0.2) is 0 Å². The Morgan fingerprint density at radius 3 is 2.90 bits per heavy atom. The molecule has 0 saturated heterocycles. The minimum Gasteiger partial charge on any atom is -0.493 e. The van der Waals surface area contributed by atoms with Crippen LogP contribution in [-0.4, -0.2) is 21.8 Å². The van der Waals surface area contributed by atoms with Crippen LogP contribution in [0.5, 0.6) is 5.75 Å². The van der Waals surface area contributed by atoms with Gasteiger partial charge >= 0.3 is 0 Å². The Balaban J connectivity index is 1.51. The first-order valence-corrected chi connectivity index (χ1v) is 9.98. The fourth-order valence-electron chi connectivity index (χ4n) is 4.10. The van der Waals surface area contributed by atoms with Gasteiger partial charge in [0.1, 0.15) is 11.4 Å². The SMILES string of the molecule is Cc1cc(-c2n[nH]c3ccc(N[C@@H]4CCOc5c4ccc(C#N)c5C)cc23)ccn1. The Bertz CT molecular complexity index is 1300. The average Bonchev–Trinajstić information content (AvgIpc) is 3.18. The van der Waals surface area contributed by atoms with E-state index in [9.17, 15) is 5.26 Å². The van der Waals surface area contributed by atoms with Gasteiger partial charge in [0, 0.05) is 46.1 Å². The van der Waals surface area contributed by atoms with Crippen LogP contribution in [0.4, 0.5) is 5.69 Å². The number of pyridine rings is 1. The minimum absolute atomic E-state index is 0.121. The Morgan fingerprint density at radius 2 is 2.07 bits per heavy atom. The standard InChI is InChI=1S/C24H21N5O/c1-14-11-16(7-9-26-14)23-20-12-18(4-6-22(20)28-29-23)27-21-8-10-30-24-15(2)17(13-25)3-5-19(21)24/h3-7,9,11-12,21,27H,8,10H2,1-2H3,(H,28,29)/t21-/m1/s1. The quantitative estimate of drug-likeness (QED) is 0.507. The lowest BCUT2D eigenvalue weighted by Gasteiger charge is -2.29. The van der Waals surface area contributed by atoms with E-state index in [2.05, 4.69) is 38.7 Å². The summed E-state index contributed by atoms with van der Waals surface area (Å²) >= 11 is 0. The van der Waals surface area contributed by atoms with Crippen LogP contribution in [-0.2, 0) is 0 Å². The van der Waals surface area contributed by atoms with Crippen LogP contribution in [0.3, 0.4) is 0 Å². The molecular formula is C24H21N5O. The number of rotatable bonds is 3. The normalized spacial score (nSPS) is 15.3. The van der Waals surface area contributed by atoms with Gasteiger partial charge in [0.25, 0.3) is 0 Å². The molecule has 0 fully saturated rings. The molecule has 1 atom stereocenters. The number of aromatic amines is 1. The summed E-state index contributed by atoms with van der Waals surface area (Å²) in [6.07, 6.45) is 2.67. The third-order valence-corrected chi connectivity index (χ3v) is 5.66. The van der Waals surface area contributed by atoms with Crippen molar-refractivity contribution in [2.24, 2.45) is 0 Å². The van der Waals surface area contributed by atoms with Crippen molar-refractivity contribution in [3.8, 4) is 23.1 Å². The van der Waals surface area contributed by atoms with Gasteiger partial charge in [-0.15, -0.1) is 0 Å². The maximum atomic E-state index is 9.30. The molecule has 0 radical (unpaired) electrons. The van der Waals surface area contributed by atoms with Crippen LogP contribution in [0.1, 0.15) is 34.8 Å². The fraction of sp³-hybridized carbons (Fsp3) is 0.208. The molecule has 0 unspecified atom stereocenters. The number of hydrogen-bond acceptors (Lipinski definition) is 5. The molecule has 148 valence electrons. The second-order valence-corrected chi connectivity index (χ2v) is 7.62. The number of benzene rings is 2. The fourth-order valence-corrected chi connectivity index (χ4v) is 4.10. The Labute approximate surface area is 174 Å². The lowest BCUT2D eigenvalue weighted by Crippen LogP contribution is -2.21. The first-order valence-electron chi connectivity index (χ1n) is 9.98. The third-order valence-electron chi connectivity index (χ3n) is 5.66. The van der Waals surface area contributed by atoms with Crippen molar-refractivity contribution in [2.45, 2.75) is 26.3 Å². The van der Waals surface area contributed by atoms with Crippen molar-refractivity contribution in [3.05, 3.63) is 71.0 Å². The highest BCUT2D eigenvalue weighted by Crippen LogP contribution is 2.38. The van der Waals surface area contributed by atoms with Crippen molar-refractivity contribution >= 4 is 16.6 Å². The Morgan fingerprint density at radius 1 is 1.17 bits per heavy atom. The molecule has 30 heavy (non-hydrogen) atoms. The molecule has 4 aromatic rings. The lowest BCUT2D eigenvalue weighted by atomic mass is 9.95. The van der Waals surface area contributed by atoms with Crippen LogP contribution in [0.15, 0.2) is 48.7 Å². The number of anilines is 1. The topological polar surface area (TPSA) is 86.6 Å². The summed E-state index contributed by atoms with van der Waals surface area (Å²) < 4.78 is 5.90. The number of ether oxygens (including phenoxy) is 1. The zero-order valence-corrected chi connectivity index (χ0v) is 16.9. The number of nitrogens with one attached hydrogen (secondary N) is 2. The molecule has 5 rings (SSSR count). The monoisotopic (exact) mass is 395 g/mol. The molecule has 0 spiro atoms. The number of aromatic nitrogens is 3. The molecule has 1 aliphatic heterocycles. The summed E-state index contributed by atoms with van der Waals surface area (Å²) in [7, 11) is 0. The van der Waals surface area contributed by atoms with Gasteiger partial charge in [-0.05, 0) is 50.2 Å². The van der Waals surface area contributed by atoms with E-state index in [1.165, 1.54) is 0 Å². The van der Waals surface area contributed by atoms with E-state index in [-0.39, 0.29) is 6.04 Å². The molecule has 2 aromatic heterocycles. The van der Waals surface area contributed by atoms with Crippen molar-refractivity contribution in [2.75, 3.05) is 11.9 Å². The van der Waals surface area contributed by atoms with Gasteiger partial charge in [-0.2, -0.15) is 10.4 Å². The average molecular weight is 395 g/mol. The highest BCUT2D eigenvalue weighted by molar-refractivity contribution is 5.95. The summed E-state index contributed by atoms with van der Waals surface area (Å²) in [5, 5.41) is 21.7. The second-order valence-electron chi connectivity index (χ2n) is 7.62. The van der Waals surface area contributed by atoms with Gasteiger partial charge in [-0.1, -0.05) is 6.07 Å². The number of nitriles is 1. The van der Waals surface area contributed by atoms with Crippen LogP contribution in [0.2, 0.25) is 0 Å². The molecule has 0 aliphatic carbocycles. The summed E-state index contributed by atoms with van der Waals surface area (Å²) in [6.45, 7) is 4.55. The van der Waals surface area contributed by atoms with Crippen LogP contribution >= 0.6 is 0 Å². The number of H-pyrrole nitrogens is 1. The predicted molar refractivity (Wildman–Crippen MR) is 116 cm³/mol. The molecule has 0 bridgehead atoms. The van der Waals surface area contributed by atoms with Gasteiger partial charge in [0.05, 0.1) is 29.8 Å². The van der Waals surface area contributed by atoms with E-state index < -0.39 is 0 Å². The smallest absolute Gasteiger partial charge is 0.128 e. The van der Waals surface area contributed by atoms with Gasteiger partial charge in [-0.3, -0.25) is 10.1 Å². The number of hydrogen-bond donors (Lipinski definition) is 2. The minimum atomic E-state index is 0.121. The molecule has 6 heteroatoms. The van der Waals surface area contributed by atoms with Gasteiger partial charge < -0.3 is 10.1 Å². The van der Waals surface area contributed by atoms with Crippen molar-refractivity contribution in [1.82, 2.24) is 15.2 Å². The molecule has 6 nitrogen and oxygen atoms in total. The van der Waals surface area contributed by atoms with E-state index in [0.717, 1.165) is 56.8 Å². The summed E-state index contributed by atoms with van der Waals surface area (Å²) in [5.41, 5.74) is 7.60. The number of nitrogens with zero attached hydrogens (tertiary/aromatic N) is 3. The first-order chi connectivity index (χ1) is 14.6. The van der Waals surface area contributed by atoms with E-state index in [1.54, 1.807) is 0 Å². The highest BCUT2D eigenvalue weighted by Gasteiger charge is 2.24. The molecule has 2 N–H and O–H groups in total. The maximum absolute atomic E-state index is 9.30. The van der Waals surface area contributed by atoms with Crippen molar-refractivity contribution in [3.63, 3.8) is 0 Å². The van der Waals surface area contributed by atoms with E-state index >= 15 is 0 Å². The number of fused-ring (bicyclic) bond motifs is 2. The largest absolute Gasteiger partial charge is 0.493 e. The van der Waals surface area contributed by atoms with Crippen LogP contribution in [0.25, 0.3) is 22.2 Å². The lowest BCUT2D eigenvalue weighted by molar-refractivity contribution is 0.272. The molecular weight excluding hydrogens is 374 g/mol. The second kappa shape index (κ2) is 7.20. The molecule has 0 amide bonds. The summed E-state index contributed by atoms with van der Waals surface area (Å²) in [4.78, 5) is 4.28. The van der Waals surface area contributed by atoms with E-state index in [0.29, 0.717) is 12.2 Å². The Kier molecular flexibility index (Phi) is 4.36. The van der Waals surface area contributed by atoms with E-state index in [1.807, 2.05) is 50.4 Å².